The van der Waals surface area contributed by atoms with Crippen molar-refractivity contribution in [1.82, 2.24) is 10.3 Å². The fraction of sp³-hybridized carbons (Fsp3) is 0.320. The highest BCUT2D eigenvalue weighted by molar-refractivity contribution is 6.05. The third-order valence-electron chi connectivity index (χ3n) is 5.97. The van der Waals surface area contributed by atoms with E-state index in [1.165, 1.54) is 0 Å². The van der Waals surface area contributed by atoms with Gasteiger partial charge in [-0.1, -0.05) is 31.2 Å². The van der Waals surface area contributed by atoms with Gasteiger partial charge in [0.15, 0.2) is 18.1 Å². The molecule has 1 aliphatic carbocycles. The van der Waals surface area contributed by atoms with Crippen LogP contribution in [0.3, 0.4) is 0 Å². The third-order valence-corrected chi connectivity index (χ3v) is 5.97. The first-order valence-corrected chi connectivity index (χ1v) is 10.8. The number of ether oxygens (including phenoxy) is 3. The summed E-state index contributed by atoms with van der Waals surface area (Å²) in [5.41, 5.74) is 4.10. The van der Waals surface area contributed by atoms with E-state index in [0.29, 0.717) is 29.5 Å². The van der Waals surface area contributed by atoms with Gasteiger partial charge in [0.1, 0.15) is 0 Å². The minimum Gasteiger partial charge on any atom is -0.454 e. The van der Waals surface area contributed by atoms with Crippen LogP contribution >= 0.6 is 0 Å². The zero-order chi connectivity index (χ0) is 22.1. The number of rotatable bonds is 5. The quantitative estimate of drug-likeness (QED) is 0.621. The molecular formula is C25H24N2O5. The van der Waals surface area contributed by atoms with Gasteiger partial charge in [-0.25, -0.2) is 4.79 Å². The Kier molecular flexibility index (Phi) is 5.39. The summed E-state index contributed by atoms with van der Waals surface area (Å²) in [4.78, 5) is 30.2. The van der Waals surface area contributed by atoms with E-state index in [4.69, 9.17) is 19.2 Å². The second-order valence-corrected chi connectivity index (χ2v) is 8.32. The summed E-state index contributed by atoms with van der Waals surface area (Å²) in [6, 6.07) is 13.1. The Morgan fingerprint density at radius 2 is 2.00 bits per heavy atom. The fourth-order valence-corrected chi connectivity index (χ4v) is 4.30. The highest BCUT2D eigenvalue weighted by Crippen LogP contribution is 2.33. The molecule has 0 fully saturated rings. The van der Waals surface area contributed by atoms with Gasteiger partial charge in [0.2, 0.25) is 6.79 Å². The average Bonchev–Trinajstić information content (AvgIpc) is 3.27. The van der Waals surface area contributed by atoms with Crippen molar-refractivity contribution >= 4 is 22.8 Å². The van der Waals surface area contributed by atoms with Crippen LogP contribution in [0, 0.1) is 5.92 Å². The highest BCUT2D eigenvalue weighted by atomic mass is 16.7. The molecule has 0 radical (unpaired) electrons. The van der Waals surface area contributed by atoms with Crippen LogP contribution in [0.1, 0.15) is 40.5 Å². The molecule has 0 spiro atoms. The molecule has 1 N–H and O–H groups in total. The largest absolute Gasteiger partial charge is 0.454 e. The summed E-state index contributed by atoms with van der Waals surface area (Å²) in [6.45, 7) is 2.34. The van der Waals surface area contributed by atoms with Crippen molar-refractivity contribution in [2.24, 2.45) is 5.92 Å². The molecule has 1 amide bonds. The molecule has 3 aromatic rings. The zero-order valence-electron chi connectivity index (χ0n) is 17.8. The van der Waals surface area contributed by atoms with Crippen LogP contribution in [0.25, 0.3) is 10.9 Å². The number of pyridine rings is 1. The molecule has 0 saturated heterocycles. The van der Waals surface area contributed by atoms with Crippen LogP contribution in [0.5, 0.6) is 11.5 Å². The molecule has 2 aromatic carbocycles. The Labute approximate surface area is 185 Å². The molecular weight excluding hydrogens is 408 g/mol. The number of nitrogens with one attached hydrogen (secondary N) is 1. The average molecular weight is 432 g/mol. The lowest BCUT2D eigenvalue weighted by atomic mass is 9.84. The van der Waals surface area contributed by atoms with E-state index in [1.54, 1.807) is 0 Å². The van der Waals surface area contributed by atoms with Crippen LogP contribution in [0.15, 0.2) is 42.5 Å². The summed E-state index contributed by atoms with van der Waals surface area (Å²) < 4.78 is 16.1. The smallest absolute Gasteiger partial charge is 0.339 e. The molecule has 5 rings (SSSR count). The van der Waals surface area contributed by atoms with Gasteiger partial charge in [0.25, 0.3) is 5.91 Å². The molecule has 7 nitrogen and oxygen atoms in total. The second-order valence-electron chi connectivity index (χ2n) is 8.32. The standard InChI is InChI=1S/C25H24N2O5/c1-15-6-8-20-18(10-15)24(17-4-2-3-5-19(17)27-20)25(29)30-13-23(28)26-12-16-7-9-21-22(11-16)32-14-31-21/h2-5,7,9,11,15H,6,8,10,12-14H2,1H3,(H,26,28)/t15-/m0/s1. The number of para-hydroxylation sites is 1. The number of amides is 1. The number of carbonyl (C=O) groups is 2. The number of carbonyl (C=O) groups excluding carboxylic acids is 2. The number of aryl methyl sites for hydroxylation is 1. The first-order chi connectivity index (χ1) is 15.6. The van der Waals surface area contributed by atoms with E-state index in [9.17, 15) is 9.59 Å². The minimum absolute atomic E-state index is 0.202. The lowest BCUT2D eigenvalue weighted by molar-refractivity contribution is -0.124. The summed E-state index contributed by atoms with van der Waals surface area (Å²) in [7, 11) is 0. The monoisotopic (exact) mass is 432 g/mol. The highest BCUT2D eigenvalue weighted by Gasteiger charge is 2.26. The number of aromatic nitrogens is 1. The van der Waals surface area contributed by atoms with Crippen molar-refractivity contribution < 1.29 is 23.8 Å². The Morgan fingerprint density at radius 3 is 2.91 bits per heavy atom. The Bertz CT molecular complexity index is 1210. The third kappa shape index (κ3) is 3.98. The van der Waals surface area contributed by atoms with E-state index in [2.05, 4.69) is 12.2 Å². The predicted octanol–water partition coefficient (Wildman–Crippen LogP) is 3.56. The van der Waals surface area contributed by atoms with Gasteiger partial charge in [-0.05, 0) is 54.5 Å². The topological polar surface area (TPSA) is 86.8 Å². The molecule has 32 heavy (non-hydrogen) atoms. The maximum absolute atomic E-state index is 13.1. The van der Waals surface area contributed by atoms with Crippen LogP contribution in [-0.4, -0.2) is 30.3 Å². The van der Waals surface area contributed by atoms with E-state index in [0.717, 1.165) is 47.0 Å². The minimum atomic E-state index is -0.479. The van der Waals surface area contributed by atoms with Crippen molar-refractivity contribution in [3.8, 4) is 11.5 Å². The van der Waals surface area contributed by atoms with Crippen LogP contribution in [-0.2, 0) is 28.9 Å². The van der Waals surface area contributed by atoms with Crippen molar-refractivity contribution in [2.45, 2.75) is 32.7 Å². The SMILES string of the molecule is C[C@H]1CCc2nc3ccccc3c(C(=O)OCC(=O)NCc3ccc4c(c3)OCO4)c2C1. The maximum atomic E-state index is 13.1. The Morgan fingerprint density at radius 1 is 1.16 bits per heavy atom. The first-order valence-electron chi connectivity index (χ1n) is 10.8. The molecule has 1 aromatic heterocycles. The van der Waals surface area contributed by atoms with Crippen LogP contribution in [0.4, 0.5) is 0 Å². The maximum Gasteiger partial charge on any atom is 0.339 e. The van der Waals surface area contributed by atoms with Gasteiger partial charge in [0, 0.05) is 17.6 Å². The molecule has 2 aliphatic rings. The predicted molar refractivity (Wildman–Crippen MR) is 118 cm³/mol. The molecule has 0 saturated carbocycles. The summed E-state index contributed by atoms with van der Waals surface area (Å²) in [5, 5.41) is 3.55. The van der Waals surface area contributed by atoms with Gasteiger partial charge >= 0.3 is 5.97 Å². The number of nitrogens with zero attached hydrogens (tertiary/aromatic N) is 1. The van der Waals surface area contributed by atoms with Gasteiger partial charge < -0.3 is 19.5 Å². The normalized spacial score (nSPS) is 16.5. The van der Waals surface area contributed by atoms with Crippen LogP contribution in [0.2, 0.25) is 0 Å². The van der Waals surface area contributed by atoms with E-state index in [-0.39, 0.29) is 19.3 Å². The molecule has 7 heteroatoms. The van der Waals surface area contributed by atoms with Gasteiger partial charge in [-0.15, -0.1) is 0 Å². The zero-order valence-corrected chi connectivity index (χ0v) is 17.8. The molecule has 0 bridgehead atoms. The van der Waals surface area contributed by atoms with Crippen molar-refractivity contribution in [2.75, 3.05) is 13.4 Å². The fourth-order valence-electron chi connectivity index (χ4n) is 4.30. The lowest BCUT2D eigenvalue weighted by Crippen LogP contribution is -2.29. The van der Waals surface area contributed by atoms with E-state index < -0.39 is 5.97 Å². The number of hydrogen-bond donors (Lipinski definition) is 1. The molecule has 2 heterocycles. The number of fused-ring (bicyclic) bond motifs is 3. The van der Waals surface area contributed by atoms with Gasteiger partial charge in [-0.2, -0.15) is 0 Å². The Hall–Kier alpha value is -3.61. The van der Waals surface area contributed by atoms with Gasteiger partial charge in [0.05, 0.1) is 11.1 Å². The van der Waals surface area contributed by atoms with E-state index >= 15 is 0 Å². The summed E-state index contributed by atoms with van der Waals surface area (Å²) >= 11 is 0. The number of hydrogen-bond acceptors (Lipinski definition) is 6. The molecule has 1 atom stereocenters. The van der Waals surface area contributed by atoms with Crippen molar-refractivity contribution in [3.05, 3.63) is 64.8 Å². The number of esters is 1. The second kappa shape index (κ2) is 8.49. The lowest BCUT2D eigenvalue weighted by Gasteiger charge is -2.24. The van der Waals surface area contributed by atoms with Crippen LogP contribution < -0.4 is 14.8 Å². The van der Waals surface area contributed by atoms with E-state index in [1.807, 2.05) is 42.5 Å². The van der Waals surface area contributed by atoms with Crippen molar-refractivity contribution in [3.63, 3.8) is 0 Å². The van der Waals surface area contributed by atoms with Gasteiger partial charge in [-0.3, -0.25) is 9.78 Å². The molecule has 164 valence electrons. The number of benzene rings is 2. The first kappa shape index (κ1) is 20.3. The molecule has 1 aliphatic heterocycles. The Balaban J connectivity index is 1.28. The summed E-state index contributed by atoms with van der Waals surface area (Å²) in [5.74, 6) is 0.980. The molecule has 0 unspecified atom stereocenters. The summed E-state index contributed by atoms with van der Waals surface area (Å²) in [6.07, 6.45) is 2.68. The van der Waals surface area contributed by atoms with Crippen molar-refractivity contribution in [1.29, 1.82) is 0 Å².